The number of alkyl halides is 2. The molecule has 3 rings (SSSR count). The molecule has 0 radical (unpaired) electrons. The van der Waals surface area contributed by atoms with Gasteiger partial charge in [-0.25, -0.2) is 37.1 Å². The first kappa shape index (κ1) is 26.4. The molecule has 1 saturated carbocycles. The molecule has 0 bridgehead atoms. The lowest BCUT2D eigenvalue weighted by atomic mass is 10.2. The first-order chi connectivity index (χ1) is 16.5. The molecule has 0 aromatic carbocycles. The SMILES string of the molecule is COc1cccc(C(=O)NNC(=N[C@@H]2CC2(F)F)NS(=O)(=O)[C@@H](C)[C@H](OC)c2ncc(Cl)cn2)n1. The van der Waals surface area contributed by atoms with Crippen molar-refractivity contribution >= 4 is 33.5 Å². The molecule has 1 aliphatic rings. The Bertz CT molecular complexity index is 1200. The van der Waals surface area contributed by atoms with Crippen LogP contribution in [0.15, 0.2) is 35.6 Å². The van der Waals surface area contributed by atoms with Gasteiger partial charge >= 0.3 is 0 Å². The predicted octanol–water partition coefficient (Wildman–Crippen LogP) is 1.23. The van der Waals surface area contributed by atoms with Gasteiger partial charge in [-0.2, -0.15) is 0 Å². The number of carbonyl (C=O) groups excluding carboxylic acids is 1. The molecule has 0 spiro atoms. The Morgan fingerprint density at radius 2 is 1.91 bits per heavy atom. The van der Waals surface area contributed by atoms with Crippen LogP contribution in [0, 0.1) is 0 Å². The molecule has 16 heteroatoms. The number of guanidine groups is 1. The molecular weight excluding hydrogens is 512 g/mol. The summed E-state index contributed by atoms with van der Waals surface area (Å²) >= 11 is 5.77. The number of hydrogen-bond donors (Lipinski definition) is 3. The number of aromatic nitrogens is 3. The topological polar surface area (TPSA) is 157 Å². The summed E-state index contributed by atoms with van der Waals surface area (Å²) < 4.78 is 65.2. The van der Waals surface area contributed by atoms with Gasteiger partial charge in [0.05, 0.1) is 12.1 Å². The molecule has 0 unspecified atom stereocenters. The van der Waals surface area contributed by atoms with Gasteiger partial charge in [-0.15, -0.1) is 0 Å². The number of nitrogens with one attached hydrogen (secondary N) is 3. The number of hydrazine groups is 1. The summed E-state index contributed by atoms with van der Waals surface area (Å²) in [5.74, 6) is -4.31. The number of carbonyl (C=O) groups is 1. The Morgan fingerprint density at radius 1 is 1.26 bits per heavy atom. The van der Waals surface area contributed by atoms with E-state index in [-0.39, 0.29) is 22.4 Å². The van der Waals surface area contributed by atoms with Gasteiger partial charge in [-0.3, -0.25) is 20.4 Å². The average Bonchev–Trinajstić information content (AvgIpc) is 3.43. The Kier molecular flexibility index (Phi) is 8.02. The zero-order chi connectivity index (χ0) is 25.8. The highest BCUT2D eigenvalue weighted by molar-refractivity contribution is 7.90. The highest BCUT2D eigenvalue weighted by Crippen LogP contribution is 2.44. The summed E-state index contributed by atoms with van der Waals surface area (Å²) in [7, 11) is -1.70. The van der Waals surface area contributed by atoms with Crippen molar-refractivity contribution in [3.05, 3.63) is 47.1 Å². The van der Waals surface area contributed by atoms with Crippen LogP contribution < -0.4 is 20.3 Å². The van der Waals surface area contributed by atoms with Crippen molar-refractivity contribution in [2.75, 3.05) is 14.2 Å². The third-order valence-electron chi connectivity index (χ3n) is 4.84. The smallest absolute Gasteiger partial charge is 0.288 e. The molecule has 2 aromatic rings. The Hall–Kier alpha value is -3.17. The van der Waals surface area contributed by atoms with Gasteiger partial charge in [0.15, 0.2) is 5.82 Å². The number of sulfonamides is 1. The maximum atomic E-state index is 13.5. The number of rotatable bonds is 8. The van der Waals surface area contributed by atoms with E-state index in [0.29, 0.717) is 0 Å². The summed E-state index contributed by atoms with van der Waals surface area (Å²) in [6, 6.07) is 2.92. The maximum Gasteiger partial charge on any atom is 0.288 e. The molecule has 3 N–H and O–H groups in total. The lowest BCUT2D eigenvalue weighted by molar-refractivity contribution is 0.0935. The minimum absolute atomic E-state index is 0.0346. The van der Waals surface area contributed by atoms with Crippen LogP contribution in [0.2, 0.25) is 5.02 Å². The van der Waals surface area contributed by atoms with Gasteiger partial charge in [-0.05, 0) is 13.0 Å². The molecule has 0 aliphatic heterocycles. The van der Waals surface area contributed by atoms with Crippen LogP contribution in [-0.2, 0) is 14.8 Å². The fraction of sp³-hybridized carbons (Fsp3) is 0.421. The standard InChI is InChI=1S/C19H22ClF2N7O5S/c1-10(15(34-3)16-23-8-11(20)9-24-16)35(31,32)29-18(26-13-7-19(13,21)22)28-27-17(30)12-5-4-6-14(25-12)33-2/h4-6,8-10,13,15H,7H2,1-3H3,(H,27,30)(H2,26,28,29)/t10-,13+,15-/m0/s1. The van der Waals surface area contributed by atoms with Gasteiger partial charge in [0.25, 0.3) is 11.8 Å². The maximum absolute atomic E-state index is 13.5. The fourth-order valence-electron chi connectivity index (χ4n) is 2.78. The van der Waals surface area contributed by atoms with E-state index in [2.05, 4.69) is 35.5 Å². The predicted molar refractivity (Wildman–Crippen MR) is 120 cm³/mol. The van der Waals surface area contributed by atoms with Crippen molar-refractivity contribution in [2.45, 2.75) is 36.7 Å². The number of pyridine rings is 1. The number of halogens is 3. The van der Waals surface area contributed by atoms with Crippen molar-refractivity contribution in [3.8, 4) is 5.88 Å². The van der Waals surface area contributed by atoms with E-state index >= 15 is 0 Å². The second-order valence-electron chi connectivity index (χ2n) is 7.37. The van der Waals surface area contributed by atoms with E-state index in [1.165, 1.54) is 51.7 Å². The van der Waals surface area contributed by atoms with E-state index in [9.17, 15) is 22.0 Å². The highest BCUT2D eigenvalue weighted by atomic mass is 35.5. The van der Waals surface area contributed by atoms with E-state index in [1.54, 1.807) is 0 Å². The second kappa shape index (κ2) is 10.6. The molecular formula is C19H22ClF2N7O5S. The molecule has 1 aliphatic carbocycles. The molecule has 2 aromatic heterocycles. The number of nitrogens with zero attached hydrogens (tertiary/aromatic N) is 4. The summed E-state index contributed by atoms with van der Waals surface area (Å²) in [5.41, 5.74) is 4.33. The monoisotopic (exact) mass is 533 g/mol. The van der Waals surface area contributed by atoms with Crippen LogP contribution in [0.4, 0.5) is 8.78 Å². The molecule has 0 saturated heterocycles. The van der Waals surface area contributed by atoms with E-state index < -0.39 is 51.6 Å². The van der Waals surface area contributed by atoms with Gasteiger partial charge in [0.1, 0.15) is 23.1 Å². The van der Waals surface area contributed by atoms with Crippen molar-refractivity contribution in [1.82, 2.24) is 30.5 Å². The number of methoxy groups -OCH3 is 2. The minimum atomic E-state index is -4.32. The number of hydrogen-bond acceptors (Lipinski definition) is 9. The molecule has 12 nitrogen and oxygen atoms in total. The van der Waals surface area contributed by atoms with Gasteiger partial charge < -0.3 is 9.47 Å². The van der Waals surface area contributed by atoms with Crippen LogP contribution in [0.5, 0.6) is 5.88 Å². The first-order valence-electron chi connectivity index (χ1n) is 10.0. The van der Waals surface area contributed by atoms with Crippen LogP contribution in [0.1, 0.15) is 35.8 Å². The van der Waals surface area contributed by atoms with E-state index in [4.69, 9.17) is 21.1 Å². The quantitative estimate of drug-likeness (QED) is 0.258. The van der Waals surface area contributed by atoms with Crippen LogP contribution in [-0.4, -0.2) is 66.7 Å². The van der Waals surface area contributed by atoms with E-state index in [0.717, 1.165) is 0 Å². The molecule has 190 valence electrons. The Morgan fingerprint density at radius 3 is 2.49 bits per heavy atom. The lowest BCUT2D eigenvalue weighted by Crippen LogP contribution is -2.52. The van der Waals surface area contributed by atoms with Crippen molar-refractivity contribution in [2.24, 2.45) is 4.99 Å². The van der Waals surface area contributed by atoms with Crippen LogP contribution in [0.25, 0.3) is 0 Å². The Labute approximate surface area is 204 Å². The van der Waals surface area contributed by atoms with Gasteiger partial charge in [0, 0.05) is 32.0 Å². The summed E-state index contributed by atoms with van der Waals surface area (Å²) in [4.78, 5) is 28.0. The zero-order valence-corrected chi connectivity index (χ0v) is 20.3. The van der Waals surface area contributed by atoms with Crippen molar-refractivity contribution in [3.63, 3.8) is 0 Å². The molecule has 1 fully saturated rings. The third-order valence-corrected chi connectivity index (χ3v) is 6.74. The second-order valence-corrected chi connectivity index (χ2v) is 9.85. The van der Waals surface area contributed by atoms with Crippen LogP contribution >= 0.6 is 11.6 Å². The molecule has 2 heterocycles. The number of amides is 1. The number of ether oxygens (including phenoxy) is 2. The molecule has 35 heavy (non-hydrogen) atoms. The first-order valence-corrected chi connectivity index (χ1v) is 11.9. The summed E-state index contributed by atoms with van der Waals surface area (Å²) in [6.07, 6.45) is 0.840. The Balaban J connectivity index is 1.77. The summed E-state index contributed by atoms with van der Waals surface area (Å²) in [6.45, 7) is 1.30. The zero-order valence-electron chi connectivity index (χ0n) is 18.7. The van der Waals surface area contributed by atoms with Crippen LogP contribution in [0.3, 0.4) is 0 Å². The van der Waals surface area contributed by atoms with E-state index in [1.807, 2.05) is 0 Å². The highest BCUT2D eigenvalue weighted by Gasteiger charge is 2.57. The third kappa shape index (κ3) is 6.70. The average molecular weight is 534 g/mol. The molecule has 1 amide bonds. The normalized spacial score (nSPS) is 18.8. The fourth-order valence-corrected chi connectivity index (χ4v) is 4.00. The van der Waals surface area contributed by atoms with Crippen molar-refractivity contribution in [1.29, 1.82) is 0 Å². The molecule has 3 atom stereocenters. The largest absolute Gasteiger partial charge is 0.481 e. The van der Waals surface area contributed by atoms with Gasteiger partial charge in [0.2, 0.25) is 21.9 Å². The minimum Gasteiger partial charge on any atom is -0.481 e. The van der Waals surface area contributed by atoms with Gasteiger partial charge in [-0.1, -0.05) is 17.7 Å². The number of aliphatic imine (C=N–C) groups is 1. The summed E-state index contributed by atoms with van der Waals surface area (Å²) in [5, 5.41) is -1.07. The van der Waals surface area contributed by atoms with Crippen molar-refractivity contribution < 1.29 is 31.5 Å². The lowest BCUT2D eigenvalue weighted by Gasteiger charge is -2.23.